The summed E-state index contributed by atoms with van der Waals surface area (Å²) in [5.74, 6) is 1.15. The number of amides is 1. The van der Waals surface area contributed by atoms with Crippen molar-refractivity contribution in [3.8, 4) is 11.5 Å². The third-order valence-corrected chi connectivity index (χ3v) is 8.65. The summed E-state index contributed by atoms with van der Waals surface area (Å²) in [5.41, 5.74) is 1.63. The fraction of sp³-hybridized carbons (Fsp3) is 0.476. The fourth-order valence-corrected chi connectivity index (χ4v) is 6.84. The van der Waals surface area contributed by atoms with Crippen molar-refractivity contribution in [2.75, 3.05) is 25.0 Å². The Morgan fingerprint density at radius 1 is 1.30 bits per heavy atom. The first-order valence-corrected chi connectivity index (χ1v) is 12.5. The van der Waals surface area contributed by atoms with Gasteiger partial charge in [-0.2, -0.15) is 4.31 Å². The first-order valence-electron chi connectivity index (χ1n) is 10.2. The third-order valence-electron chi connectivity index (χ3n) is 5.20. The highest BCUT2D eigenvalue weighted by Gasteiger charge is 2.29. The maximum absolute atomic E-state index is 12.7. The molecule has 1 saturated heterocycles. The molecule has 1 atom stereocenters. The van der Waals surface area contributed by atoms with Crippen LogP contribution in [0.5, 0.6) is 11.5 Å². The maximum atomic E-state index is 12.7. The van der Waals surface area contributed by atoms with Crippen LogP contribution in [0.15, 0.2) is 28.5 Å². The van der Waals surface area contributed by atoms with E-state index in [0.29, 0.717) is 40.2 Å². The number of sulfonamides is 1. The minimum Gasteiger partial charge on any atom is -0.492 e. The van der Waals surface area contributed by atoms with E-state index < -0.39 is 10.0 Å². The van der Waals surface area contributed by atoms with Crippen LogP contribution in [0.1, 0.15) is 37.1 Å². The Hall–Kier alpha value is -2.10. The molecule has 0 aliphatic carbocycles. The zero-order chi connectivity index (χ0) is 21.3. The van der Waals surface area contributed by atoms with Crippen molar-refractivity contribution in [3.63, 3.8) is 0 Å². The number of carbonyl (C=O) groups is 1. The second-order valence-corrected chi connectivity index (χ2v) is 10.9. The number of nitrogens with one attached hydrogen (secondary N) is 1. The van der Waals surface area contributed by atoms with E-state index in [9.17, 15) is 13.2 Å². The van der Waals surface area contributed by atoms with Gasteiger partial charge in [0.2, 0.25) is 5.91 Å². The molecule has 2 aliphatic rings. The van der Waals surface area contributed by atoms with Gasteiger partial charge in [-0.3, -0.25) is 4.79 Å². The molecular formula is C21H26N2O5S2. The minimum atomic E-state index is -3.46. The van der Waals surface area contributed by atoms with Crippen molar-refractivity contribution in [2.45, 2.75) is 49.8 Å². The Bertz CT molecular complexity index is 1040. The van der Waals surface area contributed by atoms with Gasteiger partial charge >= 0.3 is 0 Å². The number of thiophene rings is 1. The largest absolute Gasteiger partial charge is 0.492 e. The molecule has 0 spiro atoms. The van der Waals surface area contributed by atoms with Crippen molar-refractivity contribution in [1.82, 2.24) is 4.31 Å². The molecule has 2 aromatic rings. The zero-order valence-electron chi connectivity index (χ0n) is 17.1. The molecule has 3 heterocycles. The van der Waals surface area contributed by atoms with Gasteiger partial charge in [0.05, 0.1) is 18.7 Å². The van der Waals surface area contributed by atoms with E-state index in [1.165, 1.54) is 4.31 Å². The Morgan fingerprint density at radius 2 is 2.07 bits per heavy atom. The van der Waals surface area contributed by atoms with Gasteiger partial charge in [0, 0.05) is 36.0 Å². The molecular weight excluding hydrogens is 424 g/mol. The molecule has 162 valence electrons. The summed E-state index contributed by atoms with van der Waals surface area (Å²) in [6.45, 7) is 5.51. The lowest BCUT2D eigenvalue weighted by molar-refractivity contribution is -0.115. The topological polar surface area (TPSA) is 84.9 Å². The van der Waals surface area contributed by atoms with E-state index in [1.807, 2.05) is 19.9 Å². The predicted octanol–water partition coefficient (Wildman–Crippen LogP) is 3.44. The lowest BCUT2D eigenvalue weighted by Crippen LogP contribution is -2.27. The molecule has 4 rings (SSSR count). The van der Waals surface area contributed by atoms with Crippen LogP contribution < -0.4 is 14.8 Å². The standard InChI is InChI=1S/C21H26N2O5S2/c1-3-27-19-11-15-10-14(2)28-18(15)13-17(19)22-20(24)12-16-6-7-21(29-16)30(25,26)23-8-4-5-9-23/h6-7,11,13-14H,3-5,8-10,12H2,1-2H3,(H,22,24)/t14-/m0/s1. The monoisotopic (exact) mass is 450 g/mol. The molecule has 1 fully saturated rings. The summed E-state index contributed by atoms with van der Waals surface area (Å²) in [6.07, 6.45) is 2.80. The molecule has 30 heavy (non-hydrogen) atoms. The second-order valence-electron chi connectivity index (χ2n) is 7.58. The minimum absolute atomic E-state index is 0.0973. The fourth-order valence-electron chi connectivity index (χ4n) is 3.81. The van der Waals surface area contributed by atoms with Crippen LogP contribution in [-0.2, 0) is 27.7 Å². The van der Waals surface area contributed by atoms with Crippen molar-refractivity contribution < 1.29 is 22.7 Å². The highest BCUT2D eigenvalue weighted by atomic mass is 32.2. The average Bonchev–Trinajstić information content (AvgIpc) is 3.42. The predicted molar refractivity (Wildman–Crippen MR) is 116 cm³/mol. The Labute approximate surface area is 181 Å². The summed E-state index contributed by atoms with van der Waals surface area (Å²) in [6, 6.07) is 7.03. The normalized spacial score (nSPS) is 18.8. The molecule has 1 aromatic heterocycles. The van der Waals surface area contributed by atoms with E-state index >= 15 is 0 Å². The van der Waals surface area contributed by atoms with Crippen molar-refractivity contribution >= 4 is 33.0 Å². The second kappa shape index (κ2) is 8.56. The molecule has 0 bridgehead atoms. The number of rotatable bonds is 7. The van der Waals surface area contributed by atoms with Crippen LogP contribution in [0.25, 0.3) is 0 Å². The van der Waals surface area contributed by atoms with Gasteiger partial charge in [0.25, 0.3) is 10.0 Å². The van der Waals surface area contributed by atoms with Crippen LogP contribution in [0, 0.1) is 0 Å². The summed E-state index contributed by atoms with van der Waals surface area (Å²) in [4.78, 5) is 13.4. The summed E-state index contributed by atoms with van der Waals surface area (Å²) >= 11 is 1.15. The van der Waals surface area contributed by atoms with Gasteiger partial charge in [0.15, 0.2) is 0 Å². The number of hydrogen-bond donors (Lipinski definition) is 1. The van der Waals surface area contributed by atoms with Gasteiger partial charge in [-0.1, -0.05) is 0 Å². The Balaban J connectivity index is 1.47. The first-order chi connectivity index (χ1) is 14.4. The van der Waals surface area contributed by atoms with Gasteiger partial charge in [0.1, 0.15) is 21.8 Å². The number of nitrogens with zero attached hydrogens (tertiary/aromatic N) is 1. The lowest BCUT2D eigenvalue weighted by atomic mass is 10.1. The van der Waals surface area contributed by atoms with E-state index in [-0.39, 0.29) is 18.4 Å². The van der Waals surface area contributed by atoms with Gasteiger partial charge in [-0.15, -0.1) is 11.3 Å². The Morgan fingerprint density at radius 3 is 2.80 bits per heavy atom. The molecule has 1 N–H and O–H groups in total. The summed E-state index contributed by atoms with van der Waals surface area (Å²) in [7, 11) is -3.46. The maximum Gasteiger partial charge on any atom is 0.252 e. The number of benzene rings is 1. The van der Waals surface area contributed by atoms with Crippen molar-refractivity contribution in [1.29, 1.82) is 0 Å². The number of carbonyl (C=O) groups excluding carboxylic acids is 1. The van der Waals surface area contributed by atoms with E-state index in [4.69, 9.17) is 9.47 Å². The van der Waals surface area contributed by atoms with Gasteiger partial charge in [-0.05, 0) is 44.9 Å². The molecule has 0 saturated carbocycles. The number of anilines is 1. The highest BCUT2D eigenvalue weighted by molar-refractivity contribution is 7.91. The molecule has 2 aliphatic heterocycles. The summed E-state index contributed by atoms with van der Waals surface area (Å²) < 4.78 is 38.7. The van der Waals surface area contributed by atoms with Crippen LogP contribution in [0.4, 0.5) is 5.69 Å². The molecule has 1 amide bonds. The Kier molecular flexibility index (Phi) is 6.04. The first kappa shape index (κ1) is 21.1. The zero-order valence-corrected chi connectivity index (χ0v) is 18.8. The molecule has 0 radical (unpaired) electrons. The number of fused-ring (bicyclic) bond motifs is 1. The SMILES string of the molecule is CCOc1cc2c(cc1NC(=O)Cc1ccc(S(=O)(=O)N3CCCC3)s1)O[C@@H](C)C2. The van der Waals surface area contributed by atoms with Crippen LogP contribution in [-0.4, -0.2) is 44.4 Å². The van der Waals surface area contributed by atoms with Crippen molar-refractivity contribution in [3.05, 3.63) is 34.7 Å². The smallest absolute Gasteiger partial charge is 0.252 e. The third kappa shape index (κ3) is 4.33. The lowest BCUT2D eigenvalue weighted by Gasteiger charge is -2.14. The van der Waals surface area contributed by atoms with Crippen LogP contribution >= 0.6 is 11.3 Å². The molecule has 0 unspecified atom stereocenters. The number of ether oxygens (including phenoxy) is 2. The highest BCUT2D eigenvalue weighted by Crippen LogP contribution is 2.38. The van der Waals surface area contributed by atoms with Crippen LogP contribution in [0.3, 0.4) is 0 Å². The van der Waals surface area contributed by atoms with Gasteiger partial charge < -0.3 is 14.8 Å². The molecule has 9 heteroatoms. The van der Waals surface area contributed by atoms with E-state index in [2.05, 4.69) is 5.32 Å². The van der Waals surface area contributed by atoms with E-state index in [1.54, 1.807) is 18.2 Å². The molecule has 7 nitrogen and oxygen atoms in total. The van der Waals surface area contributed by atoms with Crippen molar-refractivity contribution in [2.24, 2.45) is 0 Å². The average molecular weight is 451 g/mol. The quantitative estimate of drug-likeness (QED) is 0.699. The van der Waals surface area contributed by atoms with Crippen LogP contribution in [0.2, 0.25) is 0 Å². The summed E-state index contributed by atoms with van der Waals surface area (Å²) in [5, 5.41) is 2.89. The van der Waals surface area contributed by atoms with Gasteiger partial charge in [-0.25, -0.2) is 8.42 Å². The number of hydrogen-bond acceptors (Lipinski definition) is 6. The molecule has 1 aromatic carbocycles. The van der Waals surface area contributed by atoms with E-state index in [0.717, 1.165) is 41.9 Å².